The normalized spacial score (nSPS) is 16.1. The monoisotopic (exact) mass is 351 g/mol. The fourth-order valence-corrected chi connectivity index (χ4v) is 3.13. The van der Waals surface area contributed by atoms with Crippen LogP contribution >= 0.6 is 0 Å². The molecule has 1 fully saturated rings. The largest absolute Gasteiger partial charge is 0.340 e. The summed E-state index contributed by atoms with van der Waals surface area (Å²) >= 11 is 0. The van der Waals surface area contributed by atoms with Crippen LogP contribution in [0.4, 0.5) is 0 Å². The molecule has 3 rings (SSSR count). The number of nitrogens with one attached hydrogen (secondary N) is 1. The van der Waals surface area contributed by atoms with Crippen molar-refractivity contribution in [2.75, 3.05) is 33.2 Å². The Kier molecular flexibility index (Phi) is 6.02. The molecule has 1 aliphatic heterocycles. The van der Waals surface area contributed by atoms with Crippen LogP contribution in [-0.2, 0) is 11.2 Å². The lowest BCUT2D eigenvalue weighted by atomic mass is 10.0. The van der Waals surface area contributed by atoms with E-state index in [1.165, 1.54) is 0 Å². The lowest BCUT2D eigenvalue weighted by Gasteiger charge is -2.34. The first kappa shape index (κ1) is 18.1. The summed E-state index contributed by atoms with van der Waals surface area (Å²) in [6.07, 6.45) is 0.491. The minimum absolute atomic E-state index is 0.00812. The zero-order chi connectivity index (χ0) is 18.4. The molecule has 2 aromatic carbocycles. The van der Waals surface area contributed by atoms with Crippen molar-refractivity contribution < 1.29 is 9.59 Å². The fourth-order valence-electron chi connectivity index (χ4n) is 3.13. The molecule has 1 N–H and O–H groups in total. The second-order valence-corrected chi connectivity index (χ2v) is 6.71. The Balaban J connectivity index is 1.75. The van der Waals surface area contributed by atoms with E-state index in [4.69, 9.17) is 0 Å². The van der Waals surface area contributed by atoms with Crippen molar-refractivity contribution in [2.45, 2.75) is 12.5 Å². The molecule has 5 nitrogen and oxygen atoms in total. The van der Waals surface area contributed by atoms with Crippen LogP contribution in [0.25, 0.3) is 0 Å². The highest BCUT2D eigenvalue weighted by Gasteiger charge is 2.28. The Bertz CT molecular complexity index is 725. The Labute approximate surface area is 154 Å². The van der Waals surface area contributed by atoms with Crippen LogP contribution in [0.3, 0.4) is 0 Å². The highest BCUT2D eigenvalue weighted by molar-refractivity contribution is 5.97. The van der Waals surface area contributed by atoms with Gasteiger partial charge in [0, 0.05) is 38.2 Å². The Hall–Kier alpha value is -2.66. The van der Waals surface area contributed by atoms with E-state index in [-0.39, 0.29) is 11.8 Å². The number of nitrogens with zero attached hydrogens (tertiary/aromatic N) is 2. The van der Waals surface area contributed by atoms with Gasteiger partial charge in [-0.2, -0.15) is 0 Å². The van der Waals surface area contributed by atoms with Gasteiger partial charge in [0.2, 0.25) is 5.91 Å². The first-order chi connectivity index (χ1) is 12.6. The number of likely N-dealkylation sites (N-methyl/N-ethyl adjacent to an activating group) is 1. The van der Waals surface area contributed by atoms with E-state index < -0.39 is 6.04 Å². The molecule has 2 aromatic rings. The van der Waals surface area contributed by atoms with E-state index in [9.17, 15) is 9.59 Å². The summed E-state index contributed by atoms with van der Waals surface area (Å²) in [6, 6.07) is 18.3. The smallest absolute Gasteiger partial charge is 0.251 e. The van der Waals surface area contributed by atoms with Gasteiger partial charge in [-0.05, 0) is 24.7 Å². The predicted molar refractivity (Wildman–Crippen MR) is 102 cm³/mol. The van der Waals surface area contributed by atoms with Gasteiger partial charge < -0.3 is 15.1 Å². The molecular formula is C21H25N3O2. The summed E-state index contributed by atoms with van der Waals surface area (Å²) in [7, 11) is 2.06. The van der Waals surface area contributed by atoms with E-state index in [1.54, 1.807) is 12.1 Å². The van der Waals surface area contributed by atoms with Crippen LogP contribution in [0.5, 0.6) is 0 Å². The van der Waals surface area contributed by atoms with Crippen molar-refractivity contribution in [1.82, 2.24) is 15.1 Å². The average Bonchev–Trinajstić information content (AvgIpc) is 2.69. The third-order valence-corrected chi connectivity index (χ3v) is 4.74. The van der Waals surface area contributed by atoms with Gasteiger partial charge in [0.05, 0.1) is 0 Å². The maximum absolute atomic E-state index is 13.1. The number of benzene rings is 2. The van der Waals surface area contributed by atoms with E-state index in [0.717, 1.165) is 18.7 Å². The van der Waals surface area contributed by atoms with Gasteiger partial charge in [-0.1, -0.05) is 48.5 Å². The first-order valence-corrected chi connectivity index (χ1v) is 9.00. The van der Waals surface area contributed by atoms with Gasteiger partial charge in [0.1, 0.15) is 6.04 Å². The summed E-state index contributed by atoms with van der Waals surface area (Å²) in [4.78, 5) is 29.7. The second-order valence-electron chi connectivity index (χ2n) is 6.71. The van der Waals surface area contributed by atoms with Gasteiger partial charge in [0.25, 0.3) is 5.91 Å². The van der Waals surface area contributed by atoms with Crippen molar-refractivity contribution in [3.05, 3.63) is 71.8 Å². The molecular weight excluding hydrogens is 326 g/mol. The minimum Gasteiger partial charge on any atom is -0.340 e. The van der Waals surface area contributed by atoms with E-state index in [1.807, 2.05) is 53.4 Å². The zero-order valence-electron chi connectivity index (χ0n) is 15.1. The van der Waals surface area contributed by atoms with Crippen molar-refractivity contribution >= 4 is 11.8 Å². The van der Waals surface area contributed by atoms with Gasteiger partial charge in [-0.15, -0.1) is 0 Å². The van der Waals surface area contributed by atoms with Gasteiger partial charge in [-0.25, -0.2) is 0 Å². The highest BCUT2D eigenvalue weighted by Crippen LogP contribution is 2.10. The zero-order valence-corrected chi connectivity index (χ0v) is 15.1. The number of hydrogen-bond donors (Lipinski definition) is 1. The molecule has 1 atom stereocenters. The van der Waals surface area contributed by atoms with Crippen molar-refractivity contribution in [3.8, 4) is 0 Å². The first-order valence-electron chi connectivity index (χ1n) is 9.00. The summed E-state index contributed by atoms with van der Waals surface area (Å²) < 4.78 is 0. The Morgan fingerprint density at radius 1 is 0.923 bits per heavy atom. The standard InChI is InChI=1S/C21H25N3O2/c1-23-12-14-24(15-13-23)21(26)19(16-17-8-4-2-5-9-17)22-20(25)18-10-6-3-7-11-18/h2-11,19H,12-16H2,1H3,(H,22,25)/t19-/m0/s1. The summed E-state index contributed by atoms with van der Waals surface area (Å²) in [5.41, 5.74) is 1.60. The molecule has 1 saturated heterocycles. The van der Waals surface area contributed by atoms with Crippen LogP contribution in [0.1, 0.15) is 15.9 Å². The maximum Gasteiger partial charge on any atom is 0.251 e. The molecule has 0 bridgehead atoms. The SMILES string of the molecule is CN1CCN(C(=O)[C@H](Cc2ccccc2)NC(=O)c2ccccc2)CC1. The molecule has 0 spiro atoms. The maximum atomic E-state index is 13.1. The molecule has 0 saturated carbocycles. The molecule has 0 radical (unpaired) electrons. The number of piperazine rings is 1. The molecule has 0 aliphatic carbocycles. The quantitative estimate of drug-likeness (QED) is 0.894. The summed E-state index contributed by atoms with van der Waals surface area (Å²) in [6.45, 7) is 3.11. The van der Waals surface area contributed by atoms with E-state index in [0.29, 0.717) is 25.1 Å². The van der Waals surface area contributed by atoms with Gasteiger partial charge in [-0.3, -0.25) is 9.59 Å². The van der Waals surface area contributed by atoms with Crippen LogP contribution < -0.4 is 5.32 Å². The molecule has 136 valence electrons. The average molecular weight is 351 g/mol. The van der Waals surface area contributed by atoms with Crippen LogP contribution in [0.2, 0.25) is 0 Å². The molecule has 26 heavy (non-hydrogen) atoms. The third-order valence-electron chi connectivity index (χ3n) is 4.74. The van der Waals surface area contributed by atoms with Crippen molar-refractivity contribution in [1.29, 1.82) is 0 Å². The highest BCUT2D eigenvalue weighted by atomic mass is 16.2. The summed E-state index contributed by atoms with van der Waals surface area (Å²) in [5.74, 6) is -0.222. The number of carbonyl (C=O) groups is 2. The molecule has 5 heteroatoms. The van der Waals surface area contributed by atoms with E-state index >= 15 is 0 Å². The topological polar surface area (TPSA) is 52.6 Å². The van der Waals surface area contributed by atoms with E-state index in [2.05, 4.69) is 17.3 Å². The molecule has 2 amide bonds. The Morgan fingerprint density at radius 3 is 2.12 bits per heavy atom. The number of hydrogen-bond acceptors (Lipinski definition) is 3. The number of carbonyl (C=O) groups excluding carboxylic acids is 2. The van der Waals surface area contributed by atoms with Crippen LogP contribution in [-0.4, -0.2) is 60.9 Å². The predicted octanol–water partition coefficient (Wildman–Crippen LogP) is 1.80. The summed E-state index contributed by atoms with van der Waals surface area (Å²) in [5, 5.41) is 2.95. The molecule has 0 unspecified atom stereocenters. The molecule has 0 aromatic heterocycles. The van der Waals surface area contributed by atoms with Crippen molar-refractivity contribution in [3.63, 3.8) is 0 Å². The van der Waals surface area contributed by atoms with Gasteiger partial charge in [0.15, 0.2) is 0 Å². The lowest BCUT2D eigenvalue weighted by Crippen LogP contribution is -2.55. The number of rotatable bonds is 5. The third kappa shape index (κ3) is 4.70. The van der Waals surface area contributed by atoms with Crippen molar-refractivity contribution in [2.24, 2.45) is 0 Å². The van der Waals surface area contributed by atoms with Crippen LogP contribution in [0, 0.1) is 0 Å². The fraction of sp³-hybridized carbons (Fsp3) is 0.333. The molecule has 1 heterocycles. The minimum atomic E-state index is -0.562. The number of amides is 2. The Morgan fingerprint density at radius 2 is 1.50 bits per heavy atom. The molecule has 1 aliphatic rings. The lowest BCUT2D eigenvalue weighted by molar-refractivity contribution is -0.134. The van der Waals surface area contributed by atoms with Crippen LogP contribution in [0.15, 0.2) is 60.7 Å². The van der Waals surface area contributed by atoms with Gasteiger partial charge >= 0.3 is 0 Å². The second kappa shape index (κ2) is 8.63.